The second-order valence-electron chi connectivity index (χ2n) is 7.59. The van der Waals surface area contributed by atoms with E-state index in [0.717, 1.165) is 33.3 Å². The summed E-state index contributed by atoms with van der Waals surface area (Å²) in [6.07, 6.45) is 2.45. The number of hydrogen-bond acceptors (Lipinski definition) is 7. The minimum Gasteiger partial charge on any atom is -0.320 e. The summed E-state index contributed by atoms with van der Waals surface area (Å²) >= 11 is 2.72. The highest BCUT2D eigenvalue weighted by Crippen LogP contribution is 2.30. The number of thioether (sulfide) groups is 1. The Morgan fingerprint density at radius 1 is 1.15 bits per heavy atom. The molecule has 0 saturated heterocycles. The zero-order valence-corrected chi connectivity index (χ0v) is 20.1. The lowest BCUT2D eigenvalue weighted by Crippen LogP contribution is -2.24. The zero-order chi connectivity index (χ0) is 23.5. The molecule has 0 fully saturated rings. The van der Waals surface area contributed by atoms with Gasteiger partial charge in [0.05, 0.1) is 16.5 Å². The second-order valence-corrected chi connectivity index (χ2v) is 9.62. The van der Waals surface area contributed by atoms with Crippen LogP contribution in [-0.2, 0) is 11.3 Å². The first-order valence-electron chi connectivity index (χ1n) is 10.9. The molecule has 3 heterocycles. The molecule has 5 aromatic rings. The minimum absolute atomic E-state index is 0.128. The molecule has 0 aliphatic carbocycles. The summed E-state index contributed by atoms with van der Waals surface area (Å²) in [5, 5.41) is 15.3. The number of anilines is 1. The first-order chi connectivity index (χ1) is 16.7. The molecule has 9 heteroatoms. The van der Waals surface area contributed by atoms with Gasteiger partial charge in [0.25, 0.3) is 0 Å². The van der Waals surface area contributed by atoms with Crippen LogP contribution in [0.15, 0.2) is 77.8 Å². The molecule has 2 aromatic carbocycles. The summed E-state index contributed by atoms with van der Waals surface area (Å²) in [5.41, 5.74) is 4.37. The topological polar surface area (TPSA) is 85.6 Å². The fraction of sp³-hybridized carbons (Fsp3) is 0.160. The molecular formula is C25H22N6OS2. The van der Waals surface area contributed by atoms with Crippen molar-refractivity contribution in [3.8, 4) is 11.3 Å². The van der Waals surface area contributed by atoms with Crippen molar-refractivity contribution in [2.45, 2.75) is 30.3 Å². The van der Waals surface area contributed by atoms with Gasteiger partial charge in [-0.2, -0.15) is 0 Å². The summed E-state index contributed by atoms with van der Waals surface area (Å²) < 4.78 is 2.07. The summed E-state index contributed by atoms with van der Waals surface area (Å²) in [7, 11) is 0. The van der Waals surface area contributed by atoms with E-state index in [2.05, 4.69) is 31.6 Å². The van der Waals surface area contributed by atoms with E-state index in [0.29, 0.717) is 23.3 Å². The quantitative estimate of drug-likeness (QED) is 0.220. The summed E-state index contributed by atoms with van der Waals surface area (Å²) in [4.78, 5) is 22.3. The van der Waals surface area contributed by atoms with Crippen LogP contribution in [-0.4, -0.2) is 35.9 Å². The maximum absolute atomic E-state index is 13.0. The van der Waals surface area contributed by atoms with Crippen molar-refractivity contribution < 1.29 is 4.79 Å². The molecule has 0 aliphatic heterocycles. The normalized spacial score (nSPS) is 12.1. The van der Waals surface area contributed by atoms with E-state index in [1.165, 1.54) is 23.1 Å². The third-order valence-corrected chi connectivity index (χ3v) is 7.35. The van der Waals surface area contributed by atoms with Crippen molar-refractivity contribution in [1.82, 2.24) is 24.7 Å². The van der Waals surface area contributed by atoms with Crippen LogP contribution < -0.4 is 5.32 Å². The number of carbonyl (C=O) groups is 1. The van der Waals surface area contributed by atoms with E-state index in [1.807, 2.05) is 73.0 Å². The molecule has 5 rings (SSSR count). The third-order valence-electron chi connectivity index (χ3n) is 5.38. The Labute approximate surface area is 205 Å². The average molecular weight is 487 g/mol. The Morgan fingerprint density at radius 3 is 2.74 bits per heavy atom. The monoisotopic (exact) mass is 486 g/mol. The van der Waals surface area contributed by atoms with Gasteiger partial charge in [-0.3, -0.25) is 4.79 Å². The van der Waals surface area contributed by atoms with Gasteiger partial charge < -0.3 is 9.88 Å². The van der Waals surface area contributed by atoms with Crippen LogP contribution in [0.2, 0.25) is 0 Å². The fourth-order valence-corrected chi connectivity index (χ4v) is 5.30. The van der Waals surface area contributed by atoms with Crippen molar-refractivity contribution in [3.63, 3.8) is 0 Å². The highest BCUT2D eigenvalue weighted by atomic mass is 32.2. The van der Waals surface area contributed by atoms with E-state index >= 15 is 0 Å². The van der Waals surface area contributed by atoms with Gasteiger partial charge in [-0.15, -0.1) is 28.1 Å². The highest BCUT2D eigenvalue weighted by Gasteiger charge is 2.22. The van der Waals surface area contributed by atoms with E-state index in [-0.39, 0.29) is 11.2 Å². The minimum atomic E-state index is -0.374. The predicted octanol–water partition coefficient (Wildman–Crippen LogP) is 5.80. The number of thiazole rings is 1. The summed E-state index contributed by atoms with van der Waals surface area (Å²) in [6, 6.07) is 17.9. The first-order valence-corrected chi connectivity index (χ1v) is 12.6. The Hall–Kier alpha value is -3.56. The molecule has 1 atom stereocenters. The number of allylic oxidation sites excluding steroid dienone is 1. The van der Waals surface area contributed by atoms with Crippen molar-refractivity contribution >= 4 is 56.2 Å². The van der Waals surface area contributed by atoms with E-state index in [1.54, 1.807) is 0 Å². The number of amides is 1. The van der Waals surface area contributed by atoms with Crippen molar-refractivity contribution in [2.24, 2.45) is 0 Å². The number of nitrogens with one attached hydrogen (secondary N) is 1. The van der Waals surface area contributed by atoms with Crippen molar-refractivity contribution in [2.75, 3.05) is 5.32 Å². The summed E-state index contributed by atoms with van der Waals surface area (Å²) in [6.45, 7) is 6.45. The lowest BCUT2D eigenvalue weighted by Gasteiger charge is -2.12. The molecule has 170 valence electrons. The SMILES string of the molecule is C=CCn1c2ccccc2c2nnc(S[C@H](CC)C(=O)Nc3nc(-c4ccccc4)cs3)nc21. The number of hydrogen-bond donors (Lipinski definition) is 1. The molecule has 0 bridgehead atoms. The van der Waals surface area contributed by atoms with Crippen LogP contribution in [0.25, 0.3) is 33.3 Å². The lowest BCUT2D eigenvalue weighted by atomic mass is 10.2. The molecule has 0 spiro atoms. The van der Waals surface area contributed by atoms with Gasteiger partial charge in [0, 0.05) is 22.9 Å². The molecule has 0 saturated carbocycles. The highest BCUT2D eigenvalue weighted by molar-refractivity contribution is 8.00. The van der Waals surface area contributed by atoms with Gasteiger partial charge in [-0.25, -0.2) is 9.97 Å². The average Bonchev–Trinajstić information content (AvgIpc) is 3.46. The number of nitrogens with zero attached hydrogens (tertiary/aromatic N) is 5. The van der Waals surface area contributed by atoms with Gasteiger partial charge in [0.1, 0.15) is 5.52 Å². The number of carbonyl (C=O) groups excluding carboxylic acids is 1. The lowest BCUT2D eigenvalue weighted by molar-refractivity contribution is -0.115. The Morgan fingerprint density at radius 2 is 1.94 bits per heavy atom. The third kappa shape index (κ3) is 4.32. The smallest absolute Gasteiger partial charge is 0.239 e. The van der Waals surface area contributed by atoms with Gasteiger partial charge in [-0.05, 0) is 12.5 Å². The van der Waals surface area contributed by atoms with E-state index in [9.17, 15) is 4.79 Å². The molecule has 3 aromatic heterocycles. The Kier molecular flexibility index (Phi) is 6.37. The molecule has 34 heavy (non-hydrogen) atoms. The van der Waals surface area contributed by atoms with Gasteiger partial charge in [-0.1, -0.05) is 73.3 Å². The Balaban J connectivity index is 1.37. The largest absolute Gasteiger partial charge is 0.320 e. The maximum Gasteiger partial charge on any atom is 0.239 e. The van der Waals surface area contributed by atoms with Gasteiger partial charge in [0.15, 0.2) is 10.8 Å². The van der Waals surface area contributed by atoms with Crippen LogP contribution >= 0.6 is 23.1 Å². The molecule has 0 aliphatic rings. The number of benzene rings is 2. The van der Waals surface area contributed by atoms with Crippen LogP contribution in [0.1, 0.15) is 13.3 Å². The van der Waals surface area contributed by atoms with Crippen LogP contribution in [0, 0.1) is 0 Å². The number of para-hydroxylation sites is 1. The van der Waals surface area contributed by atoms with Crippen LogP contribution in [0.4, 0.5) is 5.13 Å². The maximum atomic E-state index is 13.0. The molecule has 1 amide bonds. The number of rotatable bonds is 8. The van der Waals surface area contributed by atoms with Gasteiger partial charge >= 0.3 is 0 Å². The van der Waals surface area contributed by atoms with Crippen LogP contribution in [0.3, 0.4) is 0 Å². The number of aromatic nitrogens is 5. The molecule has 1 N–H and O–H groups in total. The molecule has 7 nitrogen and oxygen atoms in total. The predicted molar refractivity (Wildman–Crippen MR) is 139 cm³/mol. The molecular weight excluding hydrogens is 464 g/mol. The Bertz CT molecular complexity index is 1480. The molecule has 0 radical (unpaired) electrons. The van der Waals surface area contributed by atoms with Crippen molar-refractivity contribution in [1.29, 1.82) is 0 Å². The standard InChI is InChI=1S/C25H22N6OS2/c1-3-14-31-19-13-9-8-12-17(19)21-22(31)27-25(30-29-21)34-20(4-2)23(32)28-24-26-18(15-33-24)16-10-6-5-7-11-16/h3,5-13,15,20H,1,4,14H2,2H3,(H,26,28,32)/t20-/m1/s1. The molecule has 0 unspecified atom stereocenters. The van der Waals surface area contributed by atoms with Crippen molar-refractivity contribution in [3.05, 3.63) is 72.6 Å². The number of fused-ring (bicyclic) bond motifs is 3. The van der Waals surface area contributed by atoms with E-state index < -0.39 is 0 Å². The zero-order valence-electron chi connectivity index (χ0n) is 18.5. The summed E-state index contributed by atoms with van der Waals surface area (Å²) in [5.74, 6) is -0.128. The van der Waals surface area contributed by atoms with Crippen LogP contribution in [0.5, 0.6) is 0 Å². The van der Waals surface area contributed by atoms with Gasteiger partial charge in [0.2, 0.25) is 11.1 Å². The van der Waals surface area contributed by atoms with E-state index in [4.69, 9.17) is 4.98 Å². The first kappa shape index (κ1) is 22.2. The fourth-order valence-electron chi connectivity index (χ4n) is 3.76. The second kappa shape index (κ2) is 9.74.